The molecule has 1 unspecified atom stereocenters. The standard InChI is InChI=1S/C27H32ClFN4O5S/c1-15(2)37-22-9-8-16(12-30-22)23-31-32-24(39-23)18-10-20(29)21(11-19(18)28)35-13-17-14-36-27(6,7)33(17)25(34)38-26(3,4)5/h8-12,15,17H,13-14H2,1-7H3. The Morgan fingerprint density at radius 3 is 2.62 bits per heavy atom. The molecule has 1 aliphatic rings. The number of halogens is 2. The van der Waals surface area contributed by atoms with Crippen LogP contribution in [0.1, 0.15) is 48.5 Å². The lowest BCUT2D eigenvalue weighted by Gasteiger charge is -2.35. The second kappa shape index (κ2) is 11.2. The van der Waals surface area contributed by atoms with Crippen molar-refractivity contribution in [1.29, 1.82) is 0 Å². The van der Waals surface area contributed by atoms with Gasteiger partial charge in [0.1, 0.15) is 27.9 Å². The fraction of sp³-hybridized carbons (Fsp3) is 0.481. The van der Waals surface area contributed by atoms with Gasteiger partial charge in [0.15, 0.2) is 11.6 Å². The van der Waals surface area contributed by atoms with Crippen molar-refractivity contribution in [2.45, 2.75) is 71.9 Å². The minimum atomic E-state index is -0.900. The number of benzene rings is 1. The SMILES string of the molecule is CC(C)Oc1ccc(-c2nnc(-c3cc(F)c(OCC4COC(C)(C)N4C(=O)OC(C)(C)C)cc3Cl)s2)cn1. The first-order valence-electron chi connectivity index (χ1n) is 12.5. The van der Waals surface area contributed by atoms with Crippen LogP contribution < -0.4 is 9.47 Å². The summed E-state index contributed by atoms with van der Waals surface area (Å²) in [6.45, 7) is 12.9. The summed E-state index contributed by atoms with van der Waals surface area (Å²) >= 11 is 7.77. The fourth-order valence-corrected chi connectivity index (χ4v) is 5.11. The molecule has 1 atom stereocenters. The van der Waals surface area contributed by atoms with Crippen molar-refractivity contribution >= 4 is 29.0 Å². The second-order valence-electron chi connectivity index (χ2n) is 10.8. The lowest BCUT2D eigenvalue weighted by atomic mass is 10.2. The number of ether oxygens (including phenoxy) is 4. The molecule has 39 heavy (non-hydrogen) atoms. The highest BCUT2D eigenvalue weighted by Crippen LogP contribution is 2.38. The van der Waals surface area contributed by atoms with Crippen LogP contribution in [0.25, 0.3) is 21.1 Å². The summed E-state index contributed by atoms with van der Waals surface area (Å²) in [4.78, 5) is 18.6. The fourth-order valence-electron chi connectivity index (χ4n) is 3.94. The van der Waals surface area contributed by atoms with Gasteiger partial charge in [-0.05, 0) is 60.6 Å². The van der Waals surface area contributed by atoms with Crippen LogP contribution in [-0.4, -0.2) is 62.9 Å². The monoisotopic (exact) mass is 578 g/mol. The maximum Gasteiger partial charge on any atom is 0.413 e. The molecule has 210 valence electrons. The van der Waals surface area contributed by atoms with E-state index >= 15 is 4.39 Å². The second-order valence-corrected chi connectivity index (χ2v) is 12.2. The van der Waals surface area contributed by atoms with E-state index in [1.807, 2.05) is 19.9 Å². The third-order valence-electron chi connectivity index (χ3n) is 5.61. The number of carbonyl (C=O) groups is 1. The molecular weight excluding hydrogens is 547 g/mol. The zero-order valence-corrected chi connectivity index (χ0v) is 24.5. The maximum atomic E-state index is 15.1. The van der Waals surface area contributed by atoms with Crippen molar-refractivity contribution in [3.63, 3.8) is 0 Å². The highest BCUT2D eigenvalue weighted by atomic mass is 35.5. The van der Waals surface area contributed by atoms with E-state index in [-0.39, 0.29) is 30.1 Å². The molecule has 12 heteroatoms. The summed E-state index contributed by atoms with van der Waals surface area (Å²) in [5.74, 6) is -0.154. The third-order valence-corrected chi connectivity index (χ3v) is 6.93. The van der Waals surface area contributed by atoms with E-state index in [1.165, 1.54) is 28.4 Å². The average molecular weight is 579 g/mol. The molecule has 1 aromatic carbocycles. The van der Waals surface area contributed by atoms with Gasteiger partial charge in [0.05, 0.1) is 23.8 Å². The van der Waals surface area contributed by atoms with Crippen molar-refractivity contribution in [3.8, 4) is 32.8 Å². The van der Waals surface area contributed by atoms with E-state index in [0.29, 0.717) is 21.5 Å². The molecule has 3 heterocycles. The number of rotatable bonds is 7. The summed E-state index contributed by atoms with van der Waals surface area (Å²) in [7, 11) is 0. The average Bonchev–Trinajstić information content (AvgIpc) is 3.42. The maximum absolute atomic E-state index is 15.1. The number of amides is 1. The third kappa shape index (κ3) is 6.95. The van der Waals surface area contributed by atoms with Crippen LogP contribution in [0.2, 0.25) is 5.02 Å². The molecule has 0 N–H and O–H groups in total. The molecule has 1 aliphatic heterocycles. The summed E-state index contributed by atoms with van der Waals surface area (Å²) in [6.07, 6.45) is 1.13. The zero-order valence-electron chi connectivity index (χ0n) is 22.9. The van der Waals surface area contributed by atoms with Crippen LogP contribution in [0.15, 0.2) is 30.5 Å². The van der Waals surface area contributed by atoms with Gasteiger partial charge in [-0.1, -0.05) is 22.9 Å². The molecular formula is C27H32ClFN4O5S. The normalized spacial score (nSPS) is 17.0. The molecule has 0 bridgehead atoms. The lowest BCUT2D eigenvalue weighted by molar-refractivity contribution is -0.0637. The smallest absolute Gasteiger partial charge is 0.413 e. The Balaban J connectivity index is 1.47. The quantitative estimate of drug-likeness (QED) is 0.309. The largest absolute Gasteiger partial charge is 0.488 e. The van der Waals surface area contributed by atoms with Crippen LogP contribution in [0.3, 0.4) is 0 Å². The Morgan fingerprint density at radius 2 is 1.97 bits per heavy atom. The highest BCUT2D eigenvalue weighted by Gasteiger charge is 2.46. The van der Waals surface area contributed by atoms with Crippen molar-refractivity contribution in [2.75, 3.05) is 13.2 Å². The molecule has 0 spiro atoms. The van der Waals surface area contributed by atoms with Gasteiger partial charge < -0.3 is 18.9 Å². The summed E-state index contributed by atoms with van der Waals surface area (Å²) in [5, 5.41) is 9.71. The predicted molar refractivity (Wildman–Crippen MR) is 147 cm³/mol. The first-order valence-corrected chi connectivity index (χ1v) is 13.7. The molecule has 9 nitrogen and oxygen atoms in total. The predicted octanol–water partition coefficient (Wildman–Crippen LogP) is 6.60. The van der Waals surface area contributed by atoms with E-state index in [9.17, 15) is 4.79 Å². The van der Waals surface area contributed by atoms with Gasteiger partial charge in [-0.15, -0.1) is 10.2 Å². The van der Waals surface area contributed by atoms with E-state index in [0.717, 1.165) is 5.56 Å². The highest BCUT2D eigenvalue weighted by molar-refractivity contribution is 7.18. The zero-order chi connectivity index (χ0) is 28.5. The number of nitrogens with zero attached hydrogens (tertiary/aromatic N) is 4. The first kappa shape index (κ1) is 29.0. The van der Waals surface area contributed by atoms with E-state index in [2.05, 4.69) is 15.2 Å². The number of hydrogen-bond donors (Lipinski definition) is 0. The molecule has 1 fully saturated rings. The molecule has 0 aliphatic carbocycles. The molecule has 1 saturated heterocycles. The summed E-state index contributed by atoms with van der Waals surface area (Å²) < 4.78 is 37.8. The Labute approximate surface area is 236 Å². The van der Waals surface area contributed by atoms with Gasteiger partial charge in [0.2, 0.25) is 5.88 Å². The number of hydrogen-bond acceptors (Lipinski definition) is 9. The van der Waals surface area contributed by atoms with Gasteiger partial charge in [-0.3, -0.25) is 4.90 Å². The molecule has 4 rings (SSSR count). The molecule has 0 saturated carbocycles. The van der Waals surface area contributed by atoms with Crippen LogP contribution in [0.4, 0.5) is 9.18 Å². The van der Waals surface area contributed by atoms with Gasteiger partial charge >= 0.3 is 6.09 Å². The van der Waals surface area contributed by atoms with Crippen LogP contribution in [0.5, 0.6) is 11.6 Å². The summed E-state index contributed by atoms with van der Waals surface area (Å²) in [6, 6.07) is 5.77. The van der Waals surface area contributed by atoms with Crippen molar-refractivity contribution in [3.05, 3.63) is 41.3 Å². The Morgan fingerprint density at radius 1 is 1.26 bits per heavy atom. The van der Waals surface area contributed by atoms with Crippen molar-refractivity contribution < 1.29 is 28.1 Å². The van der Waals surface area contributed by atoms with Gasteiger partial charge in [0, 0.05) is 29.5 Å². The molecule has 0 radical (unpaired) electrons. The molecule has 3 aromatic rings. The minimum Gasteiger partial charge on any atom is -0.488 e. The topological polar surface area (TPSA) is 95.9 Å². The number of aromatic nitrogens is 3. The van der Waals surface area contributed by atoms with Gasteiger partial charge in [-0.25, -0.2) is 14.2 Å². The first-order chi connectivity index (χ1) is 18.2. The van der Waals surface area contributed by atoms with E-state index in [4.69, 9.17) is 30.5 Å². The van der Waals surface area contributed by atoms with Crippen LogP contribution >= 0.6 is 22.9 Å². The summed E-state index contributed by atoms with van der Waals surface area (Å²) in [5.41, 5.74) is -0.437. The van der Waals surface area contributed by atoms with Gasteiger partial charge in [-0.2, -0.15) is 0 Å². The Kier molecular flexibility index (Phi) is 8.34. The minimum absolute atomic E-state index is 0.0122. The lowest BCUT2D eigenvalue weighted by Crippen LogP contribution is -2.51. The van der Waals surface area contributed by atoms with Gasteiger partial charge in [0.25, 0.3) is 0 Å². The molecule has 1 amide bonds. The van der Waals surface area contributed by atoms with E-state index < -0.39 is 29.3 Å². The Bertz CT molecular complexity index is 1330. The number of carbonyl (C=O) groups excluding carboxylic acids is 1. The van der Waals surface area contributed by atoms with Crippen LogP contribution in [0, 0.1) is 5.82 Å². The number of pyridine rings is 1. The van der Waals surface area contributed by atoms with Crippen LogP contribution in [-0.2, 0) is 9.47 Å². The molecule has 2 aromatic heterocycles. The van der Waals surface area contributed by atoms with Crippen molar-refractivity contribution in [1.82, 2.24) is 20.1 Å². The van der Waals surface area contributed by atoms with E-state index in [1.54, 1.807) is 46.9 Å². The Hall–Kier alpha value is -3.02. The van der Waals surface area contributed by atoms with Crippen molar-refractivity contribution in [2.24, 2.45) is 0 Å².